The maximum atomic E-state index is 8.76. The van der Waals surface area contributed by atoms with Gasteiger partial charge in [-0.05, 0) is 30.1 Å². The molecule has 0 aliphatic heterocycles. The Bertz CT molecular complexity index is 228. The molecule has 0 aromatic carbocycles. The van der Waals surface area contributed by atoms with Gasteiger partial charge in [0, 0.05) is 5.92 Å². The monoisotopic (exact) mass is 167 g/mol. The first-order chi connectivity index (χ1) is 5.57. The van der Waals surface area contributed by atoms with Crippen LogP contribution in [0.3, 0.4) is 0 Å². The number of fused-ring (bicyclic) bond motifs is 2. The molecule has 0 spiro atoms. The van der Waals surface area contributed by atoms with Crippen molar-refractivity contribution in [3.63, 3.8) is 0 Å². The van der Waals surface area contributed by atoms with Crippen molar-refractivity contribution in [3.05, 3.63) is 0 Å². The molecule has 0 aromatic rings. The third-order valence-electron chi connectivity index (χ3n) is 4.38. The fourth-order valence-corrected chi connectivity index (χ4v) is 2.99. The van der Waals surface area contributed by atoms with Crippen LogP contribution in [0.25, 0.3) is 0 Å². The fraction of sp³-hybridized carbons (Fsp3) is 0.900. The number of rotatable bonds is 0. The van der Waals surface area contributed by atoms with Crippen LogP contribution in [-0.4, -0.2) is 10.9 Å². The van der Waals surface area contributed by atoms with Gasteiger partial charge in [-0.1, -0.05) is 25.9 Å². The molecule has 0 amide bonds. The van der Waals surface area contributed by atoms with Crippen molar-refractivity contribution < 1.29 is 5.21 Å². The van der Waals surface area contributed by atoms with Gasteiger partial charge in [0.25, 0.3) is 0 Å². The summed E-state index contributed by atoms with van der Waals surface area (Å²) in [6, 6.07) is 0. The van der Waals surface area contributed by atoms with E-state index in [1.54, 1.807) is 0 Å². The van der Waals surface area contributed by atoms with E-state index in [9.17, 15) is 0 Å². The molecule has 2 rings (SSSR count). The zero-order chi connectivity index (χ0) is 8.93. The molecule has 0 aromatic heterocycles. The third-order valence-corrected chi connectivity index (χ3v) is 4.38. The van der Waals surface area contributed by atoms with E-state index < -0.39 is 0 Å². The third kappa shape index (κ3) is 0.782. The largest absolute Gasteiger partial charge is 0.411 e. The summed E-state index contributed by atoms with van der Waals surface area (Å²) < 4.78 is 0. The Morgan fingerprint density at radius 3 is 2.58 bits per heavy atom. The highest BCUT2D eigenvalue weighted by Crippen LogP contribution is 2.57. The molecule has 2 aliphatic rings. The van der Waals surface area contributed by atoms with E-state index in [0.29, 0.717) is 17.3 Å². The van der Waals surface area contributed by atoms with Gasteiger partial charge in [-0.25, -0.2) is 0 Å². The van der Waals surface area contributed by atoms with Crippen LogP contribution in [0.2, 0.25) is 0 Å². The number of nitrogens with zero attached hydrogens (tertiary/aromatic N) is 1. The lowest BCUT2D eigenvalue weighted by molar-refractivity contribution is 0.178. The Morgan fingerprint density at radius 2 is 2.17 bits per heavy atom. The number of oxime groups is 1. The van der Waals surface area contributed by atoms with Crippen molar-refractivity contribution in [1.82, 2.24) is 0 Å². The first kappa shape index (κ1) is 8.09. The molecular formula is C10H17NO. The lowest BCUT2D eigenvalue weighted by Crippen LogP contribution is -2.33. The summed E-state index contributed by atoms with van der Waals surface area (Å²) >= 11 is 0. The molecule has 0 unspecified atom stereocenters. The summed E-state index contributed by atoms with van der Waals surface area (Å²) in [7, 11) is 0. The van der Waals surface area contributed by atoms with Crippen LogP contribution in [-0.2, 0) is 0 Å². The molecule has 1 N–H and O–H groups in total. The summed E-state index contributed by atoms with van der Waals surface area (Å²) in [5.41, 5.74) is 1.51. The van der Waals surface area contributed by atoms with Gasteiger partial charge < -0.3 is 5.21 Å². The summed E-state index contributed by atoms with van der Waals surface area (Å²) in [5.74, 6) is 2.00. The van der Waals surface area contributed by atoms with Gasteiger partial charge >= 0.3 is 0 Å². The predicted octanol–water partition coefficient (Wildman–Crippen LogP) is 2.52. The zero-order valence-corrected chi connectivity index (χ0v) is 8.04. The molecule has 12 heavy (non-hydrogen) atoms. The highest BCUT2D eigenvalue weighted by Gasteiger charge is 2.53. The molecule has 2 nitrogen and oxygen atoms in total. The maximum absolute atomic E-state index is 8.76. The summed E-state index contributed by atoms with van der Waals surface area (Å²) in [6.45, 7) is 6.97. The van der Waals surface area contributed by atoms with E-state index in [1.807, 2.05) is 0 Å². The Balaban J connectivity index is 2.29. The van der Waals surface area contributed by atoms with E-state index >= 15 is 0 Å². The van der Waals surface area contributed by atoms with Gasteiger partial charge in [-0.3, -0.25) is 0 Å². The van der Waals surface area contributed by atoms with Crippen LogP contribution in [0, 0.1) is 23.2 Å². The van der Waals surface area contributed by atoms with Crippen LogP contribution < -0.4 is 0 Å². The standard InChI is InChI=1S/C10H17NO/c1-6-8-4-7(10(6,2)3)5-9(8)11-12/h6-8,12H,4-5H2,1-3H3/b11-9+/t6-,7-,8+/m0/s1. The van der Waals surface area contributed by atoms with Gasteiger partial charge in [0.1, 0.15) is 0 Å². The molecule has 0 radical (unpaired) electrons. The van der Waals surface area contributed by atoms with E-state index in [2.05, 4.69) is 25.9 Å². The van der Waals surface area contributed by atoms with E-state index in [1.165, 1.54) is 6.42 Å². The Labute approximate surface area is 73.7 Å². The van der Waals surface area contributed by atoms with Gasteiger partial charge in [-0.15, -0.1) is 0 Å². The Kier molecular flexibility index (Phi) is 1.51. The second-order valence-corrected chi connectivity index (χ2v) is 4.94. The first-order valence-corrected chi connectivity index (χ1v) is 4.78. The quantitative estimate of drug-likeness (QED) is 0.436. The lowest BCUT2D eigenvalue weighted by Gasteiger charge is -2.36. The maximum Gasteiger partial charge on any atom is 0.0607 e. The fourth-order valence-electron chi connectivity index (χ4n) is 2.99. The van der Waals surface area contributed by atoms with Crippen molar-refractivity contribution in [3.8, 4) is 0 Å². The molecule has 2 aliphatic carbocycles. The summed E-state index contributed by atoms with van der Waals surface area (Å²) in [6.07, 6.45) is 2.27. The Hall–Kier alpha value is -0.530. The average Bonchev–Trinajstić information content (AvgIpc) is 2.52. The van der Waals surface area contributed by atoms with Gasteiger partial charge in [0.15, 0.2) is 0 Å². The van der Waals surface area contributed by atoms with E-state index in [0.717, 1.165) is 18.1 Å². The number of hydrogen-bond donors (Lipinski definition) is 1. The lowest BCUT2D eigenvalue weighted by atomic mass is 9.69. The summed E-state index contributed by atoms with van der Waals surface area (Å²) in [5, 5.41) is 12.2. The molecular weight excluding hydrogens is 150 g/mol. The smallest absolute Gasteiger partial charge is 0.0607 e. The molecule has 2 heteroatoms. The highest BCUT2D eigenvalue weighted by atomic mass is 16.4. The predicted molar refractivity (Wildman–Crippen MR) is 48.4 cm³/mol. The molecule has 3 atom stereocenters. The minimum absolute atomic E-state index is 0.457. The zero-order valence-electron chi connectivity index (χ0n) is 8.04. The molecule has 68 valence electrons. The molecule has 2 fully saturated rings. The molecule has 2 bridgehead atoms. The second kappa shape index (κ2) is 2.24. The van der Waals surface area contributed by atoms with Crippen molar-refractivity contribution in [2.45, 2.75) is 33.6 Å². The second-order valence-electron chi connectivity index (χ2n) is 4.94. The van der Waals surface area contributed by atoms with Crippen molar-refractivity contribution >= 4 is 5.71 Å². The van der Waals surface area contributed by atoms with E-state index in [-0.39, 0.29) is 0 Å². The normalized spacial score (nSPS) is 47.2. The van der Waals surface area contributed by atoms with Crippen LogP contribution in [0.15, 0.2) is 5.16 Å². The first-order valence-electron chi connectivity index (χ1n) is 4.78. The van der Waals surface area contributed by atoms with Crippen LogP contribution >= 0.6 is 0 Å². The van der Waals surface area contributed by atoms with E-state index in [4.69, 9.17) is 5.21 Å². The van der Waals surface area contributed by atoms with Crippen molar-refractivity contribution in [2.75, 3.05) is 0 Å². The van der Waals surface area contributed by atoms with Crippen LogP contribution in [0.4, 0.5) is 0 Å². The molecule has 2 saturated carbocycles. The highest BCUT2D eigenvalue weighted by molar-refractivity contribution is 5.90. The topological polar surface area (TPSA) is 32.6 Å². The van der Waals surface area contributed by atoms with Gasteiger partial charge in [-0.2, -0.15) is 0 Å². The molecule has 0 heterocycles. The number of hydrogen-bond acceptors (Lipinski definition) is 2. The average molecular weight is 167 g/mol. The molecule has 0 saturated heterocycles. The van der Waals surface area contributed by atoms with Crippen molar-refractivity contribution in [1.29, 1.82) is 0 Å². The van der Waals surface area contributed by atoms with Crippen LogP contribution in [0.1, 0.15) is 33.6 Å². The van der Waals surface area contributed by atoms with Crippen LogP contribution in [0.5, 0.6) is 0 Å². The van der Waals surface area contributed by atoms with Crippen molar-refractivity contribution in [2.24, 2.45) is 28.3 Å². The Morgan fingerprint density at radius 1 is 1.50 bits per heavy atom. The van der Waals surface area contributed by atoms with Gasteiger partial charge in [0.05, 0.1) is 5.71 Å². The van der Waals surface area contributed by atoms with Gasteiger partial charge in [0.2, 0.25) is 0 Å². The minimum Gasteiger partial charge on any atom is -0.411 e. The minimum atomic E-state index is 0.457. The summed E-state index contributed by atoms with van der Waals surface area (Å²) in [4.78, 5) is 0. The SMILES string of the molecule is C[C@H]1[C@H]2C[C@@H](C/C2=N\O)C1(C)C.